The summed E-state index contributed by atoms with van der Waals surface area (Å²) in [6, 6.07) is 14.1. The maximum absolute atomic E-state index is 9.20. The van der Waals surface area contributed by atoms with E-state index in [0.29, 0.717) is 24.7 Å². The molecular formula is C20H27BrN2O3. The lowest BCUT2D eigenvalue weighted by Gasteiger charge is -2.15. The average Bonchev–Trinajstić information content (AvgIpc) is 2.63. The SMILES string of the molecule is COc1cc(CNCCNCC(C)O)cc(Br)c1OCc1ccccc1. The van der Waals surface area contributed by atoms with Crippen molar-refractivity contribution < 1.29 is 14.6 Å². The van der Waals surface area contributed by atoms with Crippen LogP contribution < -0.4 is 20.1 Å². The predicted octanol–water partition coefficient (Wildman–Crippen LogP) is 3.10. The molecule has 2 aromatic carbocycles. The van der Waals surface area contributed by atoms with Crippen LogP contribution in [0, 0.1) is 0 Å². The Hall–Kier alpha value is -1.60. The first-order chi connectivity index (χ1) is 12.6. The van der Waals surface area contributed by atoms with E-state index in [2.05, 4.69) is 26.6 Å². The van der Waals surface area contributed by atoms with E-state index >= 15 is 0 Å². The number of halogens is 1. The van der Waals surface area contributed by atoms with E-state index < -0.39 is 0 Å². The van der Waals surface area contributed by atoms with Crippen molar-refractivity contribution in [3.63, 3.8) is 0 Å². The van der Waals surface area contributed by atoms with Crippen molar-refractivity contribution in [3.05, 3.63) is 58.1 Å². The zero-order chi connectivity index (χ0) is 18.8. The van der Waals surface area contributed by atoms with Crippen LogP contribution in [-0.4, -0.2) is 38.0 Å². The van der Waals surface area contributed by atoms with Gasteiger partial charge in [-0.2, -0.15) is 0 Å². The number of ether oxygens (including phenoxy) is 2. The van der Waals surface area contributed by atoms with Crippen LogP contribution in [0.4, 0.5) is 0 Å². The molecule has 0 saturated carbocycles. The molecule has 0 fully saturated rings. The van der Waals surface area contributed by atoms with Crippen LogP contribution in [0.5, 0.6) is 11.5 Å². The number of nitrogens with one attached hydrogen (secondary N) is 2. The van der Waals surface area contributed by atoms with Crippen LogP contribution in [0.1, 0.15) is 18.1 Å². The summed E-state index contributed by atoms with van der Waals surface area (Å²) in [5, 5.41) is 15.8. The standard InChI is InChI=1S/C20H27BrN2O3/c1-15(24)12-22-8-9-23-13-17-10-18(21)20(19(11-17)25-2)26-14-16-6-4-3-5-7-16/h3-7,10-11,15,22-24H,8-9,12-14H2,1-2H3. The quantitative estimate of drug-likeness (QED) is 0.485. The molecule has 5 nitrogen and oxygen atoms in total. The fourth-order valence-corrected chi connectivity index (χ4v) is 3.07. The van der Waals surface area contributed by atoms with E-state index in [1.165, 1.54) is 0 Å². The normalized spacial score (nSPS) is 12.0. The van der Waals surface area contributed by atoms with Gasteiger partial charge in [0.05, 0.1) is 17.7 Å². The summed E-state index contributed by atoms with van der Waals surface area (Å²) in [6.45, 7) is 5.22. The summed E-state index contributed by atoms with van der Waals surface area (Å²) in [5.41, 5.74) is 2.22. The fraction of sp³-hybridized carbons (Fsp3) is 0.400. The second-order valence-corrected chi connectivity index (χ2v) is 6.97. The van der Waals surface area contributed by atoms with Gasteiger partial charge in [0.2, 0.25) is 0 Å². The number of hydrogen-bond donors (Lipinski definition) is 3. The third kappa shape index (κ3) is 6.96. The summed E-state index contributed by atoms with van der Waals surface area (Å²) >= 11 is 3.59. The summed E-state index contributed by atoms with van der Waals surface area (Å²) in [4.78, 5) is 0. The van der Waals surface area contributed by atoms with E-state index in [9.17, 15) is 5.11 Å². The number of aliphatic hydroxyl groups excluding tert-OH is 1. The molecular weight excluding hydrogens is 396 g/mol. The Bertz CT molecular complexity index is 666. The zero-order valence-electron chi connectivity index (χ0n) is 15.3. The molecule has 0 aliphatic rings. The van der Waals surface area contributed by atoms with Gasteiger partial charge in [-0.05, 0) is 46.1 Å². The summed E-state index contributed by atoms with van der Waals surface area (Å²) in [5.74, 6) is 1.41. The highest BCUT2D eigenvalue weighted by Crippen LogP contribution is 2.37. The van der Waals surface area contributed by atoms with Crippen molar-refractivity contribution >= 4 is 15.9 Å². The van der Waals surface area contributed by atoms with E-state index in [4.69, 9.17) is 9.47 Å². The van der Waals surface area contributed by atoms with E-state index in [-0.39, 0.29) is 6.10 Å². The molecule has 2 aromatic rings. The van der Waals surface area contributed by atoms with Crippen molar-refractivity contribution in [3.8, 4) is 11.5 Å². The summed E-state index contributed by atoms with van der Waals surface area (Å²) in [7, 11) is 1.65. The van der Waals surface area contributed by atoms with Crippen molar-refractivity contribution in [2.24, 2.45) is 0 Å². The Morgan fingerprint density at radius 2 is 1.81 bits per heavy atom. The molecule has 3 N–H and O–H groups in total. The largest absolute Gasteiger partial charge is 0.493 e. The van der Waals surface area contributed by atoms with E-state index in [1.807, 2.05) is 42.5 Å². The molecule has 1 unspecified atom stereocenters. The van der Waals surface area contributed by atoms with Gasteiger partial charge in [-0.25, -0.2) is 0 Å². The van der Waals surface area contributed by atoms with Crippen LogP contribution in [0.3, 0.4) is 0 Å². The van der Waals surface area contributed by atoms with Crippen molar-refractivity contribution in [1.82, 2.24) is 10.6 Å². The van der Waals surface area contributed by atoms with Gasteiger partial charge in [0, 0.05) is 26.2 Å². The molecule has 0 aliphatic heterocycles. The minimum absolute atomic E-state index is 0.321. The maximum Gasteiger partial charge on any atom is 0.175 e. The summed E-state index contributed by atoms with van der Waals surface area (Å²) < 4.78 is 12.3. The van der Waals surface area contributed by atoms with Gasteiger partial charge in [-0.1, -0.05) is 30.3 Å². The van der Waals surface area contributed by atoms with Gasteiger partial charge in [0.1, 0.15) is 6.61 Å². The Balaban J connectivity index is 1.89. The van der Waals surface area contributed by atoms with E-state index in [0.717, 1.165) is 35.2 Å². The number of methoxy groups -OCH3 is 1. The Morgan fingerprint density at radius 3 is 2.50 bits per heavy atom. The highest BCUT2D eigenvalue weighted by molar-refractivity contribution is 9.10. The highest BCUT2D eigenvalue weighted by atomic mass is 79.9. The third-order valence-electron chi connectivity index (χ3n) is 3.76. The van der Waals surface area contributed by atoms with Crippen molar-refractivity contribution in [2.45, 2.75) is 26.2 Å². The molecule has 0 aliphatic carbocycles. The molecule has 2 rings (SSSR count). The van der Waals surface area contributed by atoms with Crippen LogP contribution in [-0.2, 0) is 13.2 Å². The van der Waals surface area contributed by atoms with E-state index in [1.54, 1.807) is 14.0 Å². The van der Waals surface area contributed by atoms with Gasteiger partial charge < -0.3 is 25.2 Å². The maximum atomic E-state index is 9.20. The molecule has 0 spiro atoms. The van der Waals surface area contributed by atoms with Gasteiger partial charge in [0.25, 0.3) is 0 Å². The summed E-state index contributed by atoms with van der Waals surface area (Å²) in [6.07, 6.45) is -0.321. The zero-order valence-corrected chi connectivity index (χ0v) is 16.9. The minimum Gasteiger partial charge on any atom is -0.493 e. The predicted molar refractivity (Wildman–Crippen MR) is 108 cm³/mol. The molecule has 26 heavy (non-hydrogen) atoms. The number of rotatable bonds is 11. The van der Waals surface area contributed by atoms with Crippen molar-refractivity contribution in [1.29, 1.82) is 0 Å². The van der Waals surface area contributed by atoms with Crippen molar-refractivity contribution in [2.75, 3.05) is 26.7 Å². The van der Waals surface area contributed by atoms with Crippen LogP contribution in [0.2, 0.25) is 0 Å². The van der Waals surface area contributed by atoms with Gasteiger partial charge >= 0.3 is 0 Å². The molecule has 142 valence electrons. The minimum atomic E-state index is -0.321. The first-order valence-electron chi connectivity index (χ1n) is 8.72. The molecule has 0 radical (unpaired) electrons. The topological polar surface area (TPSA) is 62.8 Å². The van der Waals surface area contributed by atoms with Gasteiger partial charge in [-0.15, -0.1) is 0 Å². The smallest absolute Gasteiger partial charge is 0.175 e. The van der Waals surface area contributed by atoms with Gasteiger partial charge in [-0.3, -0.25) is 0 Å². The molecule has 0 aromatic heterocycles. The highest BCUT2D eigenvalue weighted by Gasteiger charge is 2.12. The lowest BCUT2D eigenvalue weighted by atomic mass is 10.2. The third-order valence-corrected chi connectivity index (χ3v) is 4.35. The van der Waals surface area contributed by atoms with Crippen LogP contribution in [0.15, 0.2) is 46.9 Å². The molecule has 0 amide bonds. The second-order valence-electron chi connectivity index (χ2n) is 6.11. The monoisotopic (exact) mass is 422 g/mol. The molecule has 6 heteroatoms. The first-order valence-corrected chi connectivity index (χ1v) is 9.52. The molecule has 1 atom stereocenters. The molecule has 0 bridgehead atoms. The van der Waals surface area contributed by atoms with Crippen LogP contribution in [0.25, 0.3) is 0 Å². The lowest BCUT2D eigenvalue weighted by Crippen LogP contribution is -2.31. The Labute approximate surface area is 163 Å². The average molecular weight is 423 g/mol. The number of hydrogen-bond acceptors (Lipinski definition) is 5. The van der Waals surface area contributed by atoms with Crippen LogP contribution >= 0.6 is 15.9 Å². The number of benzene rings is 2. The Kier molecular flexibility index (Phi) is 8.91. The fourth-order valence-electron chi connectivity index (χ4n) is 2.47. The molecule has 0 heterocycles. The lowest BCUT2D eigenvalue weighted by molar-refractivity contribution is 0.191. The van der Waals surface area contributed by atoms with Gasteiger partial charge in [0.15, 0.2) is 11.5 Å². The Morgan fingerprint density at radius 1 is 1.08 bits per heavy atom. The second kappa shape index (κ2) is 11.2. The first kappa shape index (κ1) is 20.7. The number of aliphatic hydroxyl groups is 1. The molecule has 0 saturated heterocycles.